The maximum atomic E-state index is 12.8. The van der Waals surface area contributed by atoms with Gasteiger partial charge in [0.25, 0.3) is 5.91 Å². The van der Waals surface area contributed by atoms with Gasteiger partial charge in [-0.3, -0.25) is 4.79 Å². The van der Waals surface area contributed by atoms with Gasteiger partial charge in [0.1, 0.15) is 5.75 Å². The third-order valence-corrected chi connectivity index (χ3v) is 6.96. The van der Waals surface area contributed by atoms with Crippen molar-refractivity contribution in [3.8, 4) is 22.7 Å². The second-order valence-electron chi connectivity index (χ2n) is 8.69. The van der Waals surface area contributed by atoms with Gasteiger partial charge in [0, 0.05) is 17.3 Å². The van der Waals surface area contributed by atoms with E-state index in [0.717, 1.165) is 40.4 Å². The van der Waals surface area contributed by atoms with Crippen LogP contribution in [0.4, 0.5) is 5.69 Å². The second kappa shape index (κ2) is 11.3. The summed E-state index contributed by atoms with van der Waals surface area (Å²) in [5.74, 6) is 0.604. The number of rotatable bonds is 8. The Labute approximate surface area is 221 Å². The lowest BCUT2D eigenvalue weighted by molar-refractivity contribution is -0.115. The van der Waals surface area contributed by atoms with Crippen molar-refractivity contribution < 1.29 is 9.53 Å². The number of amides is 1. The van der Waals surface area contributed by atoms with Gasteiger partial charge in [0.05, 0.1) is 29.1 Å². The molecular formula is C30H28N4O2S. The summed E-state index contributed by atoms with van der Waals surface area (Å²) in [6.45, 7) is 2.19. The highest BCUT2D eigenvalue weighted by Gasteiger charge is 2.25. The Kier molecular flexibility index (Phi) is 7.51. The first kappa shape index (κ1) is 24.6. The van der Waals surface area contributed by atoms with Gasteiger partial charge in [0.2, 0.25) is 0 Å². The third-order valence-electron chi connectivity index (χ3n) is 6.05. The summed E-state index contributed by atoms with van der Waals surface area (Å²) in [5.41, 5.74) is 5.61. The van der Waals surface area contributed by atoms with E-state index in [2.05, 4.69) is 29.4 Å². The van der Waals surface area contributed by atoms with Gasteiger partial charge in [-0.25, -0.2) is 9.67 Å². The maximum Gasteiger partial charge on any atom is 0.264 e. The highest BCUT2D eigenvalue weighted by molar-refractivity contribution is 8.18. The summed E-state index contributed by atoms with van der Waals surface area (Å²) in [7, 11) is 1.64. The number of hydrogen-bond acceptors (Lipinski definition) is 5. The molecule has 1 aliphatic heterocycles. The molecule has 1 aromatic heterocycles. The molecule has 1 saturated heterocycles. The molecule has 1 aliphatic rings. The molecule has 0 spiro atoms. The number of carbonyl (C=O) groups is 1. The molecule has 0 unspecified atom stereocenters. The van der Waals surface area contributed by atoms with Gasteiger partial charge in [-0.15, -0.1) is 0 Å². The van der Waals surface area contributed by atoms with Gasteiger partial charge in [-0.1, -0.05) is 43.7 Å². The molecule has 1 fully saturated rings. The number of ether oxygens (including phenoxy) is 1. The molecule has 1 amide bonds. The lowest BCUT2D eigenvalue weighted by Gasteiger charge is -2.03. The Hall–Kier alpha value is -4.10. The molecule has 0 aliphatic carbocycles. The number of unbranched alkanes of at least 4 members (excludes halogenated alkanes) is 1. The molecule has 7 heteroatoms. The minimum Gasteiger partial charge on any atom is -0.497 e. The summed E-state index contributed by atoms with van der Waals surface area (Å²) in [4.78, 5) is 18.1. The number of carbonyl (C=O) groups excluding carboxylic acids is 1. The van der Waals surface area contributed by atoms with Crippen molar-refractivity contribution in [2.75, 3.05) is 7.11 Å². The van der Waals surface area contributed by atoms with Crippen molar-refractivity contribution >= 4 is 34.6 Å². The molecule has 0 radical (unpaired) electrons. The number of para-hydroxylation sites is 1. The highest BCUT2D eigenvalue weighted by atomic mass is 32.2. The molecule has 0 saturated carbocycles. The molecular weight excluding hydrogens is 480 g/mol. The summed E-state index contributed by atoms with van der Waals surface area (Å²) >= 11 is 1.33. The number of aromatic nitrogens is 2. The topological polar surface area (TPSA) is 68.5 Å². The van der Waals surface area contributed by atoms with Crippen LogP contribution in [0.2, 0.25) is 0 Å². The average Bonchev–Trinajstić information content (AvgIpc) is 3.52. The number of nitrogens with zero attached hydrogens (tertiary/aromatic N) is 3. The number of benzene rings is 3. The molecule has 0 atom stereocenters. The van der Waals surface area contributed by atoms with Gasteiger partial charge >= 0.3 is 0 Å². The third kappa shape index (κ3) is 5.84. The van der Waals surface area contributed by atoms with E-state index in [1.54, 1.807) is 7.11 Å². The fraction of sp³-hybridized carbons (Fsp3) is 0.167. The highest BCUT2D eigenvalue weighted by Crippen LogP contribution is 2.32. The lowest BCUT2D eigenvalue weighted by Crippen LogP contribution is -2.19. The Morgan fingerprint density at radius 1 is 1.03 bits per heavy atom. The fourth-order valence-electron chi connectivity index (χ4n) is 4.04. The second-order valence-corrected chi connectivity index (χ2v) is 9.72. The molecule has 0 bridgehead atoms. The van der Waals surface area contributed by atoms with Crippen molar-refractivity contribution in [1.82, 2.24) is 15.1 Å². The van der Waals surface area contributed by atoms with Crippen LogP contribution in [0.5, 0.6) is 5.75 Å². The minimum atomic E-state index is -0.170. The Balaban J connectivity index is 1.44. The summed E-state index contributed by atoms with van der Waals surface area (Å²) < 4.78 is 7.14. The van der Waals surface area contributed by atoms with Crippen LogP contribution in [0.3, 0.4) is 0 Å². The summed E-state index contributed by atoms with van der Waals surface area (Å²) in [6, 6.07) is 25.9. The first-order valence-electron chi connectivity index (χ1n) is 12.3. The molecule has 3 aromatic carbocycles. The van der Waals surface area contributed by atoms with Crippen LogP contribution in [0.1, 0.15) is 30.9 Å². The molecule has 4 aromatic rings. The van der Waals surface area contributed by atoms with Crippen molar-refractivity contribution in [3.05, 3.63) is 101 Å². The zero-order valence-electron chi connectivity index (χ0n) is 20.8. The van der Waals surface area contributed by atoms with Gasteiger partial charge < -0.3 is 10.1 Å². The van der Waals surface area contributed by atoms with Crippen LogP contribution >= 0.6 is 11.8 Å². The fourth-order valence-corrected chi connectivity index (χ4v) is 4.87. The number of thioether (sulfide) groups is 1. The normalized spacial score (nSPS) is 15.4. The first-order chi connectivity index (χ1) is 18.1. The van der Waals surface area contributed by atoms with Crippen molar-refractivity contribution in [3.63, 3.8) is 0 Å². The zero-order valence-corrected chi connectivity index (χ0v) is 21.7. The Morgan fingerprint density at radius 3 is 2.49 bits per heavy atom. The van der Waals surface area contributed by atoms with Crippen molar-refractivity contribution in [1.29, 1.82) is 0 Å². The predicted molar refractivity (Wildman–Crippen MR) is 151 cm³/mol. The van der Waals surface area contributed by atoms with E-state index < -0.39 is 0 Å². The molecule has 37 heavy (non-hydrogen) atoms. The van der Waals surface area contributed by atoms with Crippen molar-refractivity contribution in [2.45, 2.75) is 26.2 Å². The van der Waals surface area contributed by atoms with Crippen molar-refractivity contribution in [2.24, 2.45) is 4.99 Å². The molecule has 1 N–H and O–H groups in total. The van der Waals surface area contributed by atoms with Crippen LogP contribution in [-0.2, 0) is 11.2 Å². The summed E-state index contributed by atoms with van der Waals surface area (Å²) in [5, 5.41) is 8.31. The molecule has 186 valence electrons. The Bertz CT molecular complexity index is 1440. The van der Waals surface area contributed by atoms with Crippen LogP contribution in [0.25, 0.3) is 23.0 Å². The van der Waals surface area contributed by atoms with Crippen LogP contribution in [-0.4, -0.2) is 28.0 Å². The number of amidine groups is 1. The van der Waals surface area contributed by atoms with Crippen LogP contribution in [0, 0.1) is 0 Å². The van der Waals surface area contributed by atoms with E-state index >= 15 is 0 Å². The van der Waals surface area contributed by atoms with E-state index in [-0.39, 0.29) is 5.91 Å². The molecule has 5 rings (SSSR count). The average molecular weight is 509 g/mol. The smallest absolute Gasteiger partial charge is 0.264 e. The number of nitrogens with one attached hydrogen (secondary N) is 1. The largest absolute Gasteiger partial charge is 0.497 e. The zero-order chi connectivity index (χ0) is 25.6. The first-order valence-corrected chi connectivity index (χ1v) is 13.1. The van der Waals surface area contributed by atoms with E-state index in [1.165, 1.54) is 30.2 Å². The Morgan fingerprint density at radius 2 is 1.78 bits per heavy atom. The predicted octanol–water partition coefficient (Wildman–Crippen LogP) is 6.78. The minimum absolute atomic E-state index is 0.170. The van der Waals surface area contributed by atoms with E-state index in [1.807, 2.05) is 83.7 Å². The molecule has 6 nitrogen and oxygen atoms in total. The number of hydrogen-bond donors (Lipinski definition) is 1. The SMILES string of the molecule is CCCCc1ccc(N=C2NC(=O)/C(=C/c3cn(-c4ccccc4)nc3-c3ccc(OC)cc3)S2)cc1. The standard InChI is InChI=1S/C30H28N4O2S/c1-3-4-8-21-11-15-24(16-12-21)31-30-32-29(35)27(37-30)19-23-20-34(25-9-6-5-7-10-25)33-28(23)22-13-17-26(36-2)18-14-22/h5-7,9-20H,3-4,8H2,1-2H3,(H,31,32,35)/b27-19-. The number of aliphatic imine (C=N–C) groups is 1. The van der Waals surface area contributed by atoms with Gasteiger partial charge in [0.15, 0.2) is 5.17 Å². The maximum absolute atomic E-state index is 12.8. The van der Waals surface area contributed by atoms with Crippen LogP contribution < -0.4 is 10.1 Å². The quantitative estimate of drug-likeness (QED) is 0.266. The monoisotopic (exact) mass is 508 g/mol. The van der Waals surface area contributed by atoms with Crippen LogP contribution in [0.15, 0.2) is 95.0 Å². The lowest BCUT2D eigenvalue weighted by atomic mass is 10.1. The molecule has 2 heterocycles. The van der Waals surface area contributed by atoms with Gasteiger partial charge in [-0.05, 0) is 84.8 Å². The van der Waals surface area contributed by atoms with E-state index in [0.29, 0.717) is 10.1 Å². The number of methoxy groups -OCH3 is 1. The van der Waals surface area contributed by atoms with E-state index in [9.17, 15) is 4.79 Å². The van der Waals surface area contributed by atoms with Gasteiger partial charge in [-0.2, -0.15) is 5.10 Å². The summed E-state index contributed by atoms with van der Waals surface area (Å²) in [6.07, 6.45) is 7.24. The van der Waals surface area contributed by atoms with E-state index in [4.69, 9.17) is 9.84 Å². The number of aryl methyl sites for hydroxylation is 1.